The van der Waals surface area contributed by atoms with E-state index in [1.807, 2.05) is 6.08 Å². The molecule has 0 bridgehead atoms. The van der Waals surface area contributed by atoms with E-state index in [0.29, 0.717) is 0 Å². The van der Waals surface area contributed by atoms with Gasteiger partial charge in [0, 0.05) is 0 Å². The molecule has 0 N–H and O–H groups in total. The highest BCUT2D eigenvalue weighted by atomic mass is 13.9. The van der Waals surface area contributed by atoms with Crippen molar-refractivity contribution in [2.24, 2.45) is 0 Å². The van der Waals surface area contributed by atoms with Crippen LogP contribution in [0, 0.1) is 0 Å². The maximum Gasteiger partial charge on any atom is -0.00603 e. The lowest BCUT2D eigenvalue weighted by Crippen LogP contribution is -1.69. The molecule has 0 aromatic heterocycles. The fourth-order valence-electron chi connectivity index (χ4n) is 0.914. The third-order valence-corrected chi connectivity index (χ3v) is 1.49. The maximum absolute atomic E-state index is 3.29. The van der Waals surface area contributed by atoms with Crippen molar-refractivity contribution >= 4 is 0 Å². The molecule has 0 spiro atoms. The van der Waals surface area contributed by atoms with E-state index in [-0.39, 0.29) is 0 Å². The molecule has 0 saturated carbocycles. The van der Waals surface area contributed by atoms with Crippen LogP contribution in [-0.2, 0) is 0 Å². The van der Waals surface area contributed by atoms with Gasteiger partial charge in [-0.25, -0.2) is 0 Å². The summed E-state index contributed by atoms with van der Waals surface area (Å²) in [6, 6.07) is 0. The molecule has 0 aliphatic heterocycles. The Balaban J connectivity index is 3.00. The van der Waals surface area contributed by atoms with E-state index >= 15 is 0 Å². The number of allylic oxidation sites excluding steroid dienone is 5. The second-order valence-electron chi connectivity index (χ2n) is 2.41. The van der Waals surface area contributed by atoms with Crippen LogP contribution in [0.2, 0.25) is 0 Å². The Hall–Kier alpha value is -1.00. The van der Waals surface area contributed by atoms with Gasteiger partial charge in [0.25, 0.3) is 0 Å². The summed E-state index contributed by atoms with van der Waals surface area (Å²) < 4.78 is 0. The monoisotopic (exact) mass is 132 g/mol. The highest BCUT2D eigenvalue weighted by Gasteiger charge is 1.87. The van der Waals surface area contributed by atoms with Gasteiger partial charge in [-0.05, 0) is 24.5 Å². The van der Waals surface area contributed by atoms with Gasteiger partial charge in [-0.2, -0.15) is 0 Å². The molecule has 1 aliphatic rings. The van der Waals surface area contributed by atoms with Gasteiger partial charge in [0.2, 0.25) is 0 Å². The summed E-state index contributed by atoms with van der Waals surface area (Å²) in [4.78, 5) is 0. The fraction of sp³-hybridized carbons (Fsp3) is 0.300. The van der Waals surface area contributed by atoms with Crippen LogP contribution < -0.4 is 0 Å². The second kappa shape index (κ2) is 3.24. The molecule has 52 valence electrons. The summed E-state index contributed by atoms with van der Waals surface area (Å²) in [5.41, 5.74) is 5.78. The molecule has 0 atom stereocenters. The van der Waals surface area contributed by atoms with Gasteiger partial charge in [-0.1, -0.05) is 31.2 Å². The van der Waals surface area contributed by atoms with E-state index in [2.05, 4.69) is 37.8 Å². The Bertz CT molecular complexity index is 233. The Morgan fingerprint density at radius 3 is 2.70 bits per heavy atom. The predicted molar refractivity (Wildman–Crippen MR) is 44.8 cm³/mol. The second-order valence-corrected chi connectivity index (χ2v) is 2.41. The third kappa shape index (κ3) is 1.75. The first-order chi connectivity index (χ1) is 4.83. The Labute approximate surface area is 62.3 Å². The van der Waals surface area contributed by atoms with Crippen LogP contribution in [0.4, 0.5) is 0 Å². The van der Waals surface area contributed by atoms with E-state index in [1.54, 1.807) is 0 Å². The Morgan fingerprint density at radius 2 is 2.00 bits per heavy atom. The Kier molecular flexibility index (Phi) is 2.30. The number of hydrogen-bond acceptors (Lipinski definition) is 0. The van der Waals surface area contributed by atoms with Crippen LogP contribution in [0.3, 0.4) is 0 Å². The molecule has 0 fully saturated rings. The molecule has 10 heavy (non-hydrogen) atoms. The summed E-state index contributed by atoms with van der Waals surface area (Å²) in [6.07, 6.45) is 9.34. The van der Waals surface area contributed by atoms with Crippen LogP contribution in [0.1, 0.15) is 20.3 Å². The van der Waals surface area contributed by atoms with Crippen molar-refractivity contribution in [1.82, 2.24) is 0 Å². The summed E-state index contributed by atoms with van der Waals surface area (Å²) >= 11 is 0. The molecule has 0 radical (unpaired) electrons. The highest BCUT2D eigenvalue weighted by Crippen LogP contribution is 2.06. The minimum Gasteiger partial charge on any atom is -0.114 e. The fourth-order valence-corrected chi connectivity index (χ4v) is 0.914. The SMILES string of the molecule is CCC1=C=C(C)C=CC=C1. The average Bonchev–Trinajstić information content (AvgIpc) is 2.13. The number of hydrogen-bond donors (Lipinski definition) is 0. The van der Waals surface area contributed by atoms with Crippen LogP contribution in [-0.4, -0.2) is 0 Å². The van der Waals surface area contributed by atoms with E-state index < -0.39 is 0 Å². The van der Waals surface area contributed by atoms with Gasteiger partial charge in [-0.3, -0.25) is 0 Å². The first kappa shape index (κ1) is 7.11. The largest absolute Gasteiger partial charge is 0.114 e. The van der Waals surface area contributed by atoms with Gasteiger partial charge in [0.1, 0.15) is 0 Å². The average molecular weight is 132 g/mol. The molecule has 0 heterocycles. The molecule has 0 aromatic carbocycles. The summed E-state index contributed by atoms with van der Waals surface area (Å²) in [7, 11) is 0. The quantitative estimate of drug-likeness (QED) is 0.481. The normalized spacial score (nSPS) is 16.2. The molecule has 0 aromatic rings. The smallest absolute Gasteiger partial charge is 0.00603 e. The topological polar surface area (TPSA) is 0 Å². The molecule has 0 unspecified atom stereocenters. The maximum atomic E-state index is 3.29. The lowest BCUT2D eigenvalue weighted by Gasteiger charge is -1.87. The van der Waals surface area contributed by atoms with Crippen molar-refractivity contribution in [3.8, 4) is 0 Å². The molecule has 1 rings (SSSR count). The molecule has 0 nitrogen and oxygen atoms in total. The molecule has 0 saturated heterocycles. The molecule has 0 heteroatoms. The van der Waals surface area contributed by atoms with Crippen molar-refractivity contribution < 1.29 is 0 Å². The molecular formula is C10H12. The zero-order valence-electron chi connectivity index (χ0n) is 6.52. The van der Waals surface area contributed by atoms with E-state index in [0.717, 1.165) is 6.42 Å². The van der Waals surface area contributed by atoms with Gasteiger partial charge in [0.05, 0.1) is 0 Å². The predicted octanol–water partition coefficient (Wildman–Crippen LogP) is 2.99. The van der Waals surface area contributed by atoms with Crippen LogP contribution >= 0.6 is 0 Å². The molecule has 0 amide bonds. The van der Waals surface area contributed by atoms with E-state index in [9.17, 15) is 0 Å². The molecule has 1 aliphatic carbocycles. The minimum atomic E-state index is 1.06. The standard InChI is InChI=1S/C10H12/c1-3-10-7-5-4-6-9(2)8-10/h4-7H,3H2,1-2H3. The van der Waals surface area contributed by atoms with Crippen molar-refractivity contribution in [3.63, 3.8) is 0 Å². The van der Waals surface area contributed by atoms with Crippen LogP contribution in [0.5, 0.6) is 0 Å². The molecular weight excluding hydrogens is 120 g/mol. The number of rotatable bonds is 1. The first-order valence-corrected chi connectivity index (χ1v) is 3.64. The van der Waals surface area contributed by atoms with Crippen molar-refractivity contribution in [1.29, 1.82) is 0 Å². The van der Waals surface area contributed by atoms with Crippen molar-refractivity contribution in [2.45, 2.75) is 20.3 Å². The summed E-state index contributed by atoms with van der Waals surface area (Å²) in [5, 5.41) is 0. The van der Waals surface area contributed by atoms with E-state index in [1.165, 1.54) is 11.1 Å². The highest BCUT2D eigenvalue weighted by molar-refractivity contribution is 5.31. The summed E-state index contributed by atoms with van der Waals surface area (Å²) in [5.74, 6) is 0. The lowest BCUT2D eigenvalue weighted by atomic mass is 10.2. The Morgan fingerprint density at radius 1 is 1.30 bits per heavy atom. The lowest BCUT2D eigenvalue weighted by molar-refractivity contribution is 1.15. The zero-order valence-corrected chi connectivity index (χ0v) is 6.52. The van der Waals surface area contributed by atoms with Crippen molar-refractivity contribution in [2.75, 3.05) is 0 Å². The first-order valence-electron chi connectivity index (χ1n) is 3.64. The van der Waals surface area contributed by atoms with Gasteiger partial charge in [0.15, 0.2) is 0 Å². The van der Waals surface area contributed by atoms with Crippen LogP contribution in [0.15, 0.2) is 41.2 Å². The van der Waals surface area contributed by atoms with Gasteiger partial charge in [-0.15, -0.1) is 5.73 Å². The van der Waals surface area contributed by atoms with E-state index in [4.69, 9.17) is 0 Å². The van der Waals surface area contributed by atoms with Gasteiger partial charge >= 0.3 is 0 Å². The summed E-state index contributed by atoms with van der Waals surface area (Å²) in [6.45, 7) is 4.21. The minimum absolute atomic E-state index is 1.06. The third-order valence-electron chi connectivity index (χ3n) is 1.49. The zero-order chi connectivity index (χ0) is 7.40. The van der Waals surface area contributed by atoms with Crippen LogP contribution in [0.25, 0.3) is 0 Å². The van der Waals surface area contributed by atoms with Crippen molar-refractivity contribution in [3.05, 3.63) is 41.2 Å². The van der Waals surface area contributed by atoms with Gasteiger partial charge < -0.3 is 0 Å².